The van der Waals surface area contributed by atoms with Gasteiger partial charge in [-0.25, -0.2) is 26.3 Å². The molecule has 0 heterocycles. The monoisotopic (exact) mass is 362 g/mol. The second-order valence-corrected chi connectivity index (χ2v) is 5.82. The Hall–Kier alpha value is -3.02. The quantitative estimate of drug-likeness (QED) is 0.339. The number of hydrogen-bond donors (Lipinski definition) is 0. The first-order valence-electron chi connectivity index (χ1n) is 7.51. The van der Waals surface area contributed by atoms with Gasteiger partial charge in [0.15, 0.2) is 11.6 Å². The fraction of sp³-hybridized carbons (Fsp3) is 0. The molecule has 0 aliphatic rings. The molecule has 4 aromatic rings. The Bertz CT molecular complexity index is 1200. The predicted octanol–water partition coefficient (Wildman–Crippen LogP) is 6.49. The van der Waals surface area contributed by atoms with Gasteiger partial charge in [0.05, 0.1) is 10.8 Å². The lowest BCUT2D eigenvalue weighted by Crippen LogP contribution is -1.94. The van der Waals surface area contributed by atoms with Crippen molar-refractivity contribution in [3.63, 3.8) is 0 Å². The highest BCUT2D eigenvalue weighted by atomic mass is 19.2. The SMILES string of the molecule is Fc1cc(F)c2c(F)cc(-c3ccc(F)c4c(F)c(F)ccc34)cc2c1. The van der Waals surface area contributed by atoms with Crippen molar-refractivity contribution >= 4 is 21.5 Å². The minimum Gasteiger partial charge on any atom is -0.207 e. The lowest BCUT2D eigenvalue weighted by Gasteiger charge is -2.11. The Morgan fingerprint density at radius 1 is 0.538 bits per heavy atom. The molecule has 0 spiro atoms. The third-order valence-electron chi connectivity index (χ3n) is 4.25. The number of rotatable bonds is 1. The zero-order valence-corrected chi connectivity index (χ0v) is 12.9. The van der Waals surface area contributed by atoms with Crippen LogP contribution in [0, 0.1) is 34.9 Å². The molecule has 0 radical (unpaired) electrons. The van der Waals surface area contributed by atoms with E-state index in [1.807, 2.05) is 0 Å². The molecule has 0 bridgehead atoms. The molecule has 0 atom stereocenters. The maximum absolute atomic E-state index is 14.4. The van der Waals surface area contributed by atoms with Crippen molar-refractivity contribution in [1.29, 1.82) is 0 Å². The summed E-state index contributed by atoms with van der Waals surface area (Å²) in [5.41, 5.74) is 0.349. The Kier molecular flexibility index (Phi) is 3.64. The molecule has 0 aromatic heterocycles. The maximum atomic E-state index is 14.4. The van der Waals surface area contributed by atoms with E-state index in [9.17, 15) is 26.3 Å². The van der Waals surface area contributed by atoms with Crippen LogP contribution in [0.25, 0.3) is 32.7 Å². The lowest BCUT2D eigenvalue weighted by atomic mass is 9.95. The van der Waals surface area contributed by atoms with Crippen LogP contribution < -0.4 is 0 Å². The maximum Gasteiger partial charge on any atom is 0.169 e. The van der Waals surface area contributed by atoms with E-state index < -0.39 is 45.7 Å². The molecule has 130 valence electrons. The van der Waals surface area contributed by atoms with Gasteiger partial charge < -0.3 is 0 Å². The molecule has 0 aliphatic heterocycles. The van der Waals surface area contributed by atoms with Crippen molar-refractivity contribution in [2.75, 3.05) is 0 Å². The largest absolute Gasteiger partial charge is 0.207 e. The van der Waals surface area contributed by atoms with Crippen LogP contribution in [0.5, 0.6) is 0 Å². The highest BCUT2D eigenvalue weighted by Gasteiger charge is 2.17. The summed E-state index contributed by atoms with van der Waals surface area (Å²) in [6, 6.07) is 8.00. The van der Waals surface area contributed by atoms with E-state index in [1.54, 1.807) is 0 Å². The molecule has 0 saturated heterocycles. The number of fused-ring (bicyclic) bond motifs is 2. The second kappa shape index (κ2) is 5.76. The number of hydrogen-bond acceptors (Lipinski definition) is 0. The van der Waals surface area contributed by atoms with E-state index >= 15 is 0 Å². The van der Waals surface area contributed by atoms with Crippen LogP contribution >= 0.6 is 0 Å². The van der Waals surface area contributed by atoms with Gasteiger partial charge in [0.2, 0.25) is 0 Å². The first-order valence-corrected chi connectivity index (χ1v) is 7.51. The highest BCUT2D eigenvalue weighted by molar-refractivity contribution is 5.99. The van der Waals surface area contributed by atoms with Gasteiger partial charge in [-0.3, -0.25) is 0 Å². The number of benzene rings is 4. The van der Waals surface area contributed by atoms with E-state index in [4.69, 9.17) is 0 Å². The normalized spacial score (nSPS) is 11.5. The summed E-state index contributed by atoms with van der Waals surface area (Å²) in [6.45, 7) is 0. The van der Waals surface area contributed by atoms with E-state index in [2.05, 4.69) is 0 Å². The van der Waals surface area contributed by atoms with Gasteiger partial charge in [0, 0.05) is 6.07 Å². The van der Waals surface area contributed by atoms with E-state index in [0.29, 0.717) is 6.07 Å². The van der Waals surface area contributed by atoms with Crippen molar-refractivity contribution < 1.29 is 26.3 Å². The first kappa shape index (κ1) is 16.4. The summed E-state index contributed by atoms with van der Waals surface area (Å²) < 4.78 is 83.1. The summed E-state index contributed by atoms with van der Waals surface area (Å²) in [7, 11) is 0. The third-order valence-corrected chi connectivity index (χ3v) is 4.25. The van der Waals surface area contributed by atoms with Gasteiger partial charge in [-0.05, 0) is 52.2 Å². The van der Waals surface area contributed by atoms with Crippen LogP contribution in [0.15, 0.2) is 48.5 Å². The molecule has 0 saturated carbocycles. The van der Waals surface area contributed by atoms with Crippen LogP contribution in [-0.4, -0.2) is 0 Å². The molecule has 0 aliphatic carbocycles. The molecular formula is C20H8F6. The fourth-order valence-corrected chi connectivity index (χ4v) is 3.12. The van der Waals surface area contributed by atoms with E-state index in [0.717, 1.165) is 24.3 Å². The van der Waals surface area contributed by atoms with Gasteiger partial charge >= 0.3 is 0 Å². The van der Waals surface area contributed by atoms with Crippen molar-refractivity contribution in [3.8, 4) is 11.1 Å². The van der Waals surface area contributed by atoms with Crippen molar-refractivity contribution in [3.05, 3.63) is 83.4 Å². The van der Waals surface area contributed by atoms with Crippen LogP contribution in [-0.2, 0) is 0 Å². The van der Waals surface area contributed by atoms with E-state index in [-0.39, 0.29) is 21.9 Å². The molecular weight excluding hydrogens is 354 g/mol. The summed E-state index contributed by atoms with van der Waals surface area (Å²) in [5, 5.41) is -0.996. The molecule has 0 fully saturated rings. The van der Waals surface area contributed by atoms with Crippen LogP contribution in [0.2, 0.25) is 0 Å². The molecule has 6 heteroatoms. The molecule has 0 nitrogen and oxygen atoms in total. The van der Waals surface area contributed by atoms with Crippen LogP contribution in [0.1, 0.15) is 0 Å². The summed E-state index contributed by atoms with van der Waals surface area (Å²) >= 11 is 0. The highest BCUT2D eigenvalue weighted by Crippen LogP contribution is 2.35. The minimum absolute atomic E-state index is 0.0134. The van der Waals surface area contributed by atoms with Gasteiger partial charge in [-0.2, -0.15) is 0 Å². The first-order chi connectivity index (χ1) is 12.4. The third kappa shape index (κ3) is 2.41. The Balaban J connectivity index is 2.08. The fourth-order valence-electron chi connectivity index (χ4n) is 3.12. The average molecular weight is 362 g/mol. The van der Waals surface area contributed by atoms with Crippen molar-refractivity contribution in [1.82, 2.24) is 0 Å². The Morgan fingerprint density at radius 3 is 2.00 bits per heavy atom. The molecule has 26 heavy (non-hydrogen) atoms. The van der Waals surface area contributed by atoms with Crippen LogP contribution in [0.3, 0.4) is 0 Å². The zero-order valence-electron chi connectivity index (χ0n) is 12.9. The zero-order chi connectivity index (χ0) is 18.6. The minimum atomic E-state index is -1.36. The van der Waals surface area contributed by atoms with Crippen molar-refractivity contribution in [2.45, 2.75) is 0 Å². The topological polar surface area (TPSA) is 0 Å². The summed E-state index contributed by atoms with van der Waals surface area (Å²) in [6.07, 6.45) is 0. The molecule has 0 unspecified atom stereocenters. The average Bonchev–Trinajstić information content (AvgIpc) is 2.57. The summed E-state index contributed by atoms with van der Waals surface area (Å²) in [5.74, 6) is -6.44. The Labute approximate surface area is 143 Å². The van der Waals surface area contributed by atoms with Crippen LogP contribution in [0.4, 0.5) is 26.3 Å². The molecule has 4 aromatic carbocycles. The smallest absolute Gasteiger partial charge is 0.169 e. The van der Waals surface area contributed by atoms with E-state index in [1.165, 1.54) is 18.2 Å². The Morgan fingerprint density at radius 2 is 1.23 bits per heavy atom. The van der Waals surface area contributed by atoms with Gasteiger partial charge in [-0.15, -0.1) is 0 Å². The van der Waals surface area contributed by atoms with Gasteiger partial charge in [-0.1, -0.05) is 12.1 Å². The second-order valence-electron chi connectivity index (χ2n) is 5.82. The van der Waals surface area contributed by atoms with Gasteiger partial charge in [0.1, 0.15) is 23.3 Å². The van der Waals surface area contributed by atoms with Crippen molar-refractivity contribution in [2.24, 2.45) is 0 Å². The van der Waals surface area contributed by atoms with Gasteiger partial charge in [0.25, 0.3) is 0 Å². The lowest BCUT2D eigenvalue weighted by molar-refractivity contribution is 0.512. The predicted molar refractivity (Wildman–Crippen MR) is 86.6 cm³/mol. The molecule has 4 rings (SSSR count). The summed E-state index contributed by atoms with van der Waals surface area (Å²) in [4.78, 5) is 0. The standard InChI is InChI=1S/C20H8F6/c21-11-6-10-5-9(7-16(24)18(10)17(25)8-11)12-1-3-14(22)19-13(12)2-4-15(23)20(19)26/h1-8H. The molecule has 0 amide bonds. The number of halogens is 6. The molecule has 0 N–H and O–H groups in total.